The Balaban J connectivity index is 2.08. The van der Waals surface area contributed by atoms with Crippen molar-refractivity contribution in [2.45, 2.75) is 70.8 Å². The van der Waals surface area contributed by atoms with E-state index in [9.17, 15) is 0 Å². The van der Waals surface area contributed by atoms with Crippen LogP contribution in [-0.4, -0.2) is 30.3 Å². The van der Waals surface area contributed by atoms with Gasteiger partial charge in [-0.3, -0.25) is 0 Å². The lowest BCUT2D eigenvalue weighted by Gasteiger charge is -2.39. The fourth-order valence-corrected chi connectivity index (χ4v) is 5.22. The minimum atomic E-state index is 0.104. The van der Waals surface area contributed by atoms with E-state index in [2.05, 4.69) is 43.4 Å². The molecule has 5 atom stereocenters. The molecule has 0 spiro atoms. The van der Waals surface area contributed by atoms with Crippen molar-refractivity contribution in [3.05, 3.63) is 36.5 Å². The normalized spacial score (nSPS) is 27.9. The second-order valence-electron chi connectivity index (χ2n) is 8.07. The smallest absolute Gasteiger partial charge is 0.0757 e. The summed E-state index contributed by atoms with van der Waals surface area (Å²) in [6.45, 7) is 2.75. The lowest BCUT2D eigenvalue weighted by atomic mass is 9.66. The maximum atomic E-state index is 8.98. The number of hydrogen-bond acceptors (Lipinski definition) is 2. The number of allylic oxidation sites excluding steroid dienone is 5. The van der Waals surface area contributed by atoms with Gasteiger partial charge in [0.25, 0.3) is 0 Å². The molecule has 2 aliphatic carbocycles. The second-order valence-corrected chi connectivity index (χ2v) is 8.44. The number of hydrogen-bond donors (Lipinski definition) is 1. The van der Waals surface area contributed by atoms with Crippen molar-refractivity contribution in [1.82, 2.24) is 0 Å². The quantitative estimate of drug-likeness (QED) is 0.311. The molecular formula is C24H39ClO2. The summed E-state index contributed by atoms with van der Waals surface area (Å²) in [5.74, 6) is 3.60. The van der Waals surface area contributed by atoms with E-state index < -0.39 is 0 Å². The van der Waals surface area contributed by atoms with E-state index in [1.54, 1.807) is 0 Å². The Morgan fingerprint density at radius 2 is 2.00 bits per heavy atom. The summed E-state index contributed by atoms with van der Waals surface area (Å²) in [7, 11) is 0. The Hall–Kier alpha value is -0.570. The molecule has 0 amide bonds. The van der Waals surface area contributed by atoms with E-state index in [1.807, 2.05) is 0 Å². The molecule has 27 heavy (non-hydrogen) atoms. The standard InChI is InChI=1S/C24H39ClO2/c1-2-3-4-8-11-23(21-12-14-22(15-13-21)27-19-18-26)24(16-17-25)20-9-6-5-7-10-20/h3-6,12,14,20-24,26H,2,7-11,13,15-19H2,1H3/b4-3-. The average Bonchev–Trinajstić information content (AvgIpc) is 2.72. The van der Waals surface area contributed by atoms with Gasteiger partial charge in [-0.15, -0.1) is 11.6 Å². The van der Waals surface area contributed by atoms with E-state index in [0.717, 1.165) is 31.1 Å². The zero-order chi connectivity index (χ0) is 19.3. The molecule has 2 nitrogen and oxygen atoms in total. The van der Waals surface area contributed by atoms with Crippen LogP contribution in [0.25, 0.3) is 0 Å². The number of aliphatic hydroxyl groups excluding tert-OH is 1. The molecule has 0 bridgehead atoms. The van der Waals surface area contributed by atoms with Crippen LogP contribution >= 0.6 is 11.6 Å². The number of ether oxygens (including phenoxy) is 1. The molecule has 0 aromatic carbocycles. The van der Waals surface area contributed by atoms with Crippen LogP contribution in [0.4, 0.5) is 0 Å². The van der Waals surface area contributed by atoms with Crippen molar-refractivity contribution in [2.75, 3.05) is 19.1 Å². The van der Waals surface area contributed by atoms with Gasteiger partial charge in [0.15, 0.2) is 0 Å². The van der Waals surface area contributed by atoms with Gasteiger partial charge in [0.05, 0.1) is 19.3 Å². The van der Waals surface area contributed by atoms with Crippen LogP contribution in [0.2, 0.25) is 0 Å². The van der Waals surface area contributed by atoms with Crippen molar-refractivity contribution in [2.24, 2.45) is 23.7 Å². The van der Waals surface area contributed by atoms with Crippen LogP contribution < -0.4 is 0 Å². The number of aliphatic hydroxyl groups is 1. The van der Waals surface area contributed by atoms with E-state index in [0.29, 0.717) is 24.4 Å². The molecule has 0 radical (unpaired) electrons. The van der Waals surface area contributed by atoms with E-state index in [-0.39, 0.29) is 12.7 Å². The summed E-state index contributed by atoms with van der Waals surface area (Å²) in [6.07, 6.45) is 25.0. The monoisotopic (exact) mass is 394 g/mol. The lowest BCUT2D eigenvalue weighted by Crippen LogP contribution is -2.32. The SMILES string of the molecule is CC/C=C\CCC(C1C=CC(OCCO)CC1)C(CCCl)C1CC=CCC1. The minimum absolute atomic E-state index is 0.104. The number of rotatable bonds is 12. The molecule has 0 fully saturated rings. The van der Waals surface area contributed by atoms with Gasteiger partial charge < -0.3 is 9.84 Å². The van der Waals surface area contributed by atoms with Crippen molar-refractivity contribution in [1.29, 1.82) is 0 Å². The van der Waals surface area contributed by atoms with Gasteiger partial charge in [0, 0.05) is 5.88 Å². The third-order valence-corrected chi connectivity index (χ3v) is 6.53. The topological polar surface area (TPSA) is 29.5 Å². The average molecular weight is 395 g/mol. The highest BCUT2D eigenvalue weighted by Crippen LogP contribution is 2.42. The molecule has 0 heterocycles. The summed E-state index contributed by atoms with van der Waals surface area (Å²) in [4.78, 5) is 0. The molecule has 0 aromatic heterocycles. The van der Waals surface area contributed by atoms with Gasteiger partial charge in [-0.05, 0) is 81.5 Å². The van der Waals surface area contributed by atoms with Crippen LogP contribution in [0.15, 0.2) is 36.5 Å². The summed E-state index contributed by atoms with van der Waals surface area (Å²) >= 11 is 6.27. The zero-order valence-electron chi connectivity index (χ0n) is 17.1. The van der Waals surface area contributed by atoms with Gasteiger partial charge in [0.2, 0.25) is 0 Å². The highest BCUT2D eigenvalue weighted by molar-refractivity contribution is 6.17. The number of alkyl halides is 1. The van der Waals surface area contributed by atoms with Crippen molar-refractivity contribution >= 4 is 11.6 Å². The first kappa shape index (κ1) is 22.7. The van der Waals surface area contributed by atoms with E-state index >= 15 is 0 Å². The molecule has 1 N–H and O–H groups in total. The molecular weight excluding hydrogens is 356 g/mol. The Morgan fingerprint density at radius 1 is 1.11 bits per heavy atom. The molecule has 154 valence electrons. The molecule has 2 rings (SSSR count). The first-order valence-corrected chi connectivity index (χ1v) is 11.6. The Morgan fingerprint density at radius 3 is 2.63 bits per heavy atom. The summed E-state index contributed by atoms with van der Waals surface area (Å²) < 4.78 is 5.72. The first-order valence-electron chi connectivity index (χ1n) is 11.1. The number of halogens is 1. The molecule has 0 saturated carbocycles. The Labute approximate surface area is 171 Å². The van der Waals surface area contributed by atoms with Crippen LogP contribution in [0.1, 0.15) is 64.7 Å². The third kappa shape index (κ3) is 7.75. The second kappa shape index (κ2) is 13.6. The van der Waals surface area contributed by atoms with Gasteiger partial charge in [-0.2, -0.15) is 0 Å². The largest absolute Gasteiger partial charge is 0.394 e. The molecule has 5 unspecified atom stereocenters. The van der Waals surface area contributed by atoms with Crippen LogP contribution in [0, 0.1) is 23.7 Å². The maximum absolute atomic E-state index is 8.98. The van der Waals surface area contributed by atoms with Crippen LogP contribution in [0.3, 0.4) is 0 Å². The van der Waals surface area contributed by atoms with Crippen molar-refractivity contribution < 1.29 is 9.84 Å². The fraction of sp³-hybridized carbons (Fsp3) is 0.750. The molecule has 0 aromatic rings. The van der Waals surface area contributed by atoms with Gasteiger partial charge in [0.1, 0.15) is 0 Å². The maximum Gasteiger partial charge on any atom is 0.0757 e. The summed E-state index contributed by atoms with van der Waals surface area (Å²) in [5, 5.41) is 8.98. The predicted molar refractivity (Wildman–Crippen MR) is 116 cm³/mol. The Kier molecular flexibility index (Phi) is 11.4. The van der Waals surface area contributed by atoms with E-state index in [4.69, 9.17) is 21.4 Å². The Bertz CT molecular complexity index is 471. The van der Waals surface area contributed by atoms with Crippen LogP contribution in [-0.2, 0) is 4.74 Å². The predicted octanol–water partition coefficient (Wildman–Crippen LogP) is 6.29. The molecule has 0 aliphatic heterocycles. The highest BCUT2D eigenvalue weighted by atomic mass is 35.5. The third-order valence-electron chi connectivity index (χ3n) is 6.31. The van der Waals surface area contributed by atoms with E-state index in [1.165, 1.54) is 38.5 Å². The highest BCUT2D eigenvalue weighted by Gasteiger charge is 2.34. The van der Waals surface area contributed by atoms with Gasteiger partial charge >= 0.3 is 0 Å². The lowest BCUT2D eigenvalue weighted by molar-refractivity contribution is 0.0385. The minimum Gasteiger partial charge on any atom is -0.394 e. The summed E-state index contributed by atoms with van der Waals surface area (Å²) in [6, 6.07) is 0. The van der Waals surface area contributed by atoms with Crippen molar-refractivity contribution in [3.8, 4) is 0 Å². The molecule has 3 heteroatoms. The van der Waals surface area contributed by atoms with Gasteiger partial charge in [-0.1, -0.05) is 43.4 Å². The molecule has 0 saturated heterocycles. The zero-order valence-corrected chi connectivity index (χ0v) is 17.8. The van der Waals surface area contributed by atoms with Crippen molar-refractivity contribution in [3.63, 3.8) is 0 Å². The fourth-order valence-electron chi connectivity index (χ4n) is 4.97. The first-order chi connectivity index (χ1) is 13.3. The molecule has 2 aliphatic rings. The van der Waals surface area contributed by atoms with Crippen LogP contribution in [0.5, 0.6) is 0 Å². The summed E-state index contributed by atoms with van der Waals surface area (Å²) in [5.41, 5.74) is 0. The van der Waals surface area contributed by atoms with Gasteiger partial charge in [-0.25, -0.2) is 0 Å².